The fraction of sp³-hybridized carbons (Fsp3) is 0.0732. The topological polar surface area (TPSA) is 52.5 Å². The molecular formula is C41H27N3. The third-order valence-corrected chi connectivity index (χ3v) is 9.24. The van der Waals surface area contributed by atoms with Gasteiger partial charge in [0.1, 0.15) is 6.07 Å². The van der Waals surface area contributed by atoms with Gasteiger partial charge in [0.15, 0.2) is 0 Å². The van der Waals surface area contributed by atoms with Gasteiger partial charge in [0.25, 0.3) is 0 Å². The molecule has 0 amide bonds. The fourth-order valence-electron chi connectivity index (χ4n) is 7.25. The summed E-state index contributed by atoms with van der Waals surface area (Å²) in [4.78, 5) is 0. The molecule has 0 aliphatic heterocycles. The maximum absolute atomic E-state index is 10.6. The van der Waals surface area contributed by atoms with E-state index in [-0.39, 0.29) is 5.41 Å². The quantitative estimate of drug-likeness (QED) is 0.215. The summed E-state index contributed by atoms with van der Waals surface area (Å²) in [5.41, 5.74) is 12.3. The van der Waals surface area contributed by atoms with Crippen molar-refractivity contribution in [3.8, 4) is 51.2 Å². The molecule has 44 heavy (non-hydrogen) atoms. The van der Waals surface area contributed by atoms with Crippen LogP contribution < -0.4 is 0 Å². The van der Waals surface area contributed by atoms with Crippen molar-refractivity contribution in [3.05, 3.63) is 150 Å². The van der Waals surface area contributed by atoms with Crippen molar-refractivity contribution >= 4 is 21.8 Å². The van der Waals surface area contributed by atoms with E-state index in [0.29, 0.717) is 11.1 Å². The molecule has 0 radical (unpaired) electrons. The van der Waals surface area contributed by atoms with Crippen molar-refractivity contribution in [1.82, 2.24) is 4.57 Å². The molecule has 3 heteroatoms. The Morgan fingerprint density at radius 2 is 1.07 bits per heavy atom. The Morgan fingerprint density at radius 1 is 0.545 bits per heavy atom. The maximum atomic E-state index is 10.6. The second-order valence-corrected chi connectivity index (χ2v) is 12.0. The Labute approximate surface area is 256 Å². The highest BCUT2D eigenvalue weighted by atomic mass is 15.0. The van der Waals surface area contributed by atoms with Crippen LogP contribution in [0.4, 0.5) is 0 Å². The zero-order chi connectivity index (χ0) is 30.0. The lowest BCUT2D eigenvalue weighted by Gasteiger charge is -2.24. The van der Waals surface area contributed by atoms with E-state index in [2.05, 4.69) is 134 Å². The molecule has 8 rings (SSSR count). The van der Waals surface area contributed by atoms with Gasteiger partial charge >= 0.3 is 0 Å². The van der Waals surface area contributed by atoms with E-state index in [0.717, 1.165) is 66.4 Å². The number of nitrogens with zero attached hydrogens (tertiary/aromatic N) is 3. The molecule has 0 saturated carbocycles. The molecule has 0 spiro atoms. The number of rotatable bonds is 3. The van der Waals surface area contributed by atoms with Gasteiger partial charge in [-0.15, -0.1) is 0 Å². The highest BCUT2D eigenvalue weighted by molar-refractivity contribution is 6.12. The normalized spacial score (nSPS) is 12.9. The van der Waals surface area contributed by atoms with Crippen LogP contribution in [0, 0.1) is 22.7 Å². The lowest BCUT2D eigenvalue weighted by atomic mass is 9.79. The first-order valence-corrected chi connectivity index (χ1v) is 14.8. The molecule has 206 valence electrons. The molecule has 0 N–H and O–H groups in total. The minimum Gasteiger partial charge on any atom is -0.307 e. The number of nitriles is 2. The van der Waals surface area contributed by atoms with Crippen molar-refractivity contribution in [1.29, 1.82) is 10.5 Å². The smallest absolute Gasteiger partial charge is 0.101 e. The monoisotopic (exact) mass is 561 g/mol. The minimum absolute atomic E-state index is 0.389. The van der Waals surface area contributed by atoms with Gasteiger partial charge in [0, 0.05) is 21.8 Å². The molecule has 3 nitrogen and oxygen atoms in total. The zero-order valence-corrected chi connectivity index (χ0v) is 24.5. The van der Waals surface area contributed by atoms with Crippen LogP contribution in [-0.2, 0) is 5.41 Å². The standard InChI is InChI=1S/C41H27N3/c1-41(2)35-16-10-9-15-32(35)38-39(41)30(24-42)21-31(25-43)40(38)44-36-19-17-28(26-11-5-3-6-12-26)22-33(36)34-23-29(18-20-37(34)44)27-13-7-4-8-14-27/h3-23H,1-2H3. The average molecular weight is 562 g/mol. The predicted molar refractivity (Wildman–Crippen MR) is 179 cm³/mol. The van der Waals surface area contributed by atoms with Crippen LogP contribution in [0.25, 0.3) is 60.9 Å². The van der Waals surface area contributed by atoms with Crippen molar-refractivity contribution in [3.63, 3.8) is 0 Å². The second-order valence-electron chi connectivity index (χ2n) is 12.0. The second kappa shape index (κ2) is 9.56. The summed E-state index contributed by atoms with van der Waals surface area (Å²) in [5, 5.41) is 23.1. The molecule has 7 aromatic rings. The number of hydrogen-bond donors (Lipinski definition) is 0. The first kappa shape index (κ1) is 25.8. The van der Waals surface area contributed by atoms with Gasteiger partial charge in [-0.2, -0.15) is 10.5 Å². The predicted octanol–water partition coefficient (Wildman–Crippen LogP) is 10.2. The highest BCUT2D eigenvalue weighted by Crippen LogP contribution is 2.54. The fourth-order valence-corrected chi connectivity index (χ4v) is 7.25. The molecule has 1 aliphatic rings. The number of benzene rings is 6. The summed E-state index contributed by atoms with van der Waals surface area (Å²) < 4.78 is 2.25. The van der Waals surface area contributed by atoms with Crippen molar-refractivity contribution in [2.75, 3.05) is 0 Å². The average Bonchev–Trinajstić information content (AvgIpc) is 3.53. The Balaban J connectivity index is 1.53. The van der Waals surface area contributed by atoms with Gasteiger partial charge < -0.3 is 4.57 Å². The van der Waals surface area contributed by atoms with Crippen LogP contribution in [0.5, 0.6) is 0 Å². The lowest BCUT2D eigenvalue weighted by Crippen LogP contribution is -2.17. The molecule has 0 atom stereocenters. The van der Waals surface area contributed by atoms with Gasteiger partial charge in [-0.3, -0.25) is 0 Å². The molecule has 1 heterocycles. The van der Waals surface area contributed by atoms with E-state index in [1.165, 1.54) is 5.56 Å². The van der Waals surface area contributed by atoms with Gasteiger partial charge in [-0.25, -0.2) is 0 Å². The number of fused-ring (bicyclic) bond motifs is 6. The van der Waals surface area contributed by atoms with Gasteiger partial charge in [-0.05, 0) is 69.3 Å². The number of hydrogen-bond acceptors (Lipinski definition) is 2. The largest absolute Gasteiger partial charge is 0.307 e. The van der Waals surface area contributed by atoms with E-state index in [1.54, 1.807) is 6.07 Å². The van der Waals surface area contributed by atoms with Gasteiger partial charge in [0.2, 0.25) is 0 Å². The van der Waals surface area contributed by atoms with E-state index < -0.39 is 0 Å². The van der Waals surface area contributed by atoms with E-state index in [1.807, 2.05) is 18.2 Å². The number of aromatic nitrogens is 1. The van der Waals surface area contributed by atoms with Crippen molar-refractivity contribution in [2.24, 2.45) is 0 Å². The lowest BCUT2D eigenvalue weighted by molar-refractivity contribution is 0.658. The first-order valence-electron chi connectivity index (χ1n) is 14.8. The summed E-state index contributed by atoms with van der Waals surface area (Å²) in [6, 6.07) is 49.2. The Kier molecular flexibility index (Phi) is 5.60. The molecular weight excluding hydrogens is 534 g/mol. The summed E-state index contributed by atoms with van der Waals surface area (Å²) in [6.45, 7) is 4.36. The molecule has 0 saturated heterocycles. The Morgan fingerprint density at radius 3 is 1.61 bits per heavy atom. The van der Waals surface area contributed by atoms with E-state index in [4.69, 9.17) is 0 Å². The van der Waals surface area contributed by atoms with Crippen LogP contribution in [0.2, 0.25) is 0 Å². The molecule has 6 aromatic carbocycles. The molecule has 1 aromatic heterocycles. The highest BCUT2D eigenvalue weighted by Gasteiger charge is 2.40. The molecule has 0 bridgehead atoms. The van der Waals surface area contributed by atoms with Crippen LogP contribution in [0.3, 0.4) is 0 Å². The van der Waals surface area contributed by atoms with E-state index >= 15 is 0 Å². The third kappa shape index (κ3) is 3.60. The van der Waals surface area contributed by atoms with Crippen LogP contribution >= 0.6 is 0 Å². The molecule has 0 fully saturated rings. The van der Waals surface area contributed by atoms with Crippen LogP contribution in [-0.4, -0.2) is 4.57 Å². The summed E-state index contributed by atoms with van der Waals surface area (Å²) >= 11 is 0. The van der Waals surface area contributed by atoms with Crippen molar-refractivity contribution in [2.45, 2.75) is 19.3 Å². The molecule has 1 aliphatic carbocycles. The van der Waals surface area contributed by atoms with Gasteiger partial charge in [0.05, 0.1) is 33.9 Å². The molecule has 0 unspecified atom stereocenters. The van der Waals surface area contributed by atoms with Crippen LogP contribution in [0.15, 0.2) is 127 Å². The van der Waals surface area contributed by atoms with Crippen LogP contribution in [0.1, 0.15) is 36.1 Å². The maximum Gasteiger partial charge on any atom is 0.101 e. The minimum atomic E-state index is -0.389. The zero-order valence-electron chi connectivity index (χ0n) is 24.5. The van der Waals surface area contributed by atoms with Gasteiger partial charge in [-0.1, -0.05) is 111 Å². The van der Waals surface area contributed by atoms with E-state index in [9.17, 15) is 10.5 Å². The SMILES string of the molecule is CC1(C)c2ccccc2-c2c(-n3c4ccc(-c5ccccc5)cc4c4cc(-c5ccccc5)ccc43)c(C#N)cc(C#N)c21. The third-order valence-electron chi connectivity index (χ3n) is 9.24. The Hall–Kier alpha value is -5.90. The summed E-state index contributed by atoms with van der Waals surface area (Å²) in [7, 11) is 0. The van der Waals surface area contributed by atoms with Crippen molar-refractivity contribution < 1.29 is 0 Å². The first-order chi connectivity index (χ1) is 21.5. The summed E-state index contributed by atoms with van der Waals surface area (Å²) in [5.74, 6) is 0. The Bertz CT molecular complexity index is 2270. The summed E-state index contributed by atoms with van der Waals surface area (Å²) in [6.07, 6.45) is 0.